The molecule has 20 heavy (non-hydrogen) atoms. The molecule has 1 atom stereocenters. The summed E-state index contributed by atoms with van der Waals surface area (Å²) in [6.07, 6.45) is 3.42. The van der Waals surface area contributed by atoms with Crippen LogP contribution in [0.25, 0.3) is 0 Å². The van der Waals surface area contributed by atoms with Crippen LogP contribution in [-0.2, 0) is 11.2 Å². The van der Waals surface area contributed by atoms with Gasteiger partial charge in [0.05, 0.1) is 11.6 Å². The Kier molecular flexibility index (Phi) is 3.44. The van der Waals surface area contributed by atoms with Gasteiger partial charge in [-0.3, -0.25) is 4.79 Å². The molecule has 0 aliphatic carbocycles. The number of hydrogen-bond donors (Lipinski definition) is 2. The number of rotatable bonds is 2. The molecule has 1 aromatic rings. The van der Waals surface area contributed by atoms with Crippen molar-refractivity contribution in [2.24, 2.45) is 0 Å². The predicted molar refractivity (Wildman–Crippen MR) is 75.1 cm³/mol. The largest absolute Gasteiger partial charge is 0.478 e. The maximum atomic E-state index is 12.6. The van der Waals surface area contributed by atoms with E-state index in [1.54, 1.807) is 17.0 Å². The van der Waals surface area contributed by atoms with Crippen molar-refractivity contribution in [2.45, 2.75) is 31.7 Å². The molecule has 2 heterocycles. The van der Waals surface area contributed by atoms with E-state index in [9.17, 15) is 14.7 Å². The monoisotopic (exact) mass is 274 g/mol. The van der Waals surface area contributed by atoms with Gasteiger partial charge in [-0.15, -0.1) is 0 Å². The van der Waals surface area contributed by atoms with E-state index in [-0.39, 0.29) is 11.9 Å². The fourth-order valence-corrected chi connectivity index (χ4v) is 3.14. The van der Waals surface area contributed by atoms with E-state index < -0.39 is 5.97 Å². The summed E-state index contributed by atoms with van der Waals surface area (Å²) in [6.45, 7) is 1.55. The van der Waals surface area contributed by atoms with Crippen LogP contribution in [0.4, 0.5) is 5.69 Å². The highest BCUT2D eigenvalue weighted by atomic mass is 16.4. The van der Waals surface area contributed by atoms with Crippen molar-refractivity contribution in [3.05, 3.63) is 29.3 Å². The van der Waals surface area contributed by atoms with Gasteiger partial charge in [0.15, 0.2) is 0 Å². The van der Waals surface area contributed by atoms with E-state index >= 15 is 0 Å². The summed E-state index contributed by atoms with van der Waals surface area (Å²) in [6, 6.07) is 5.07. The van der Waals surface area contributed by atoms with E-state index in [1.807, 2.05) is 6.07 Å². The summed E-state index contributed by atoms with van der Waals surface area (Å²) in [4.78, 5) is 25.6. The number of carboxylic acids is 1. The predicted octanol–water partition coefficient (Wildman–Crippen LogP) is 1.42. The zero-order valence-corrected chi connectivity index (χ0v) is 11.3. The average molecular weight is 274 g/mol. The summed E-state index contributed by atoms with van der Waals surface area (Å²) in [5, 5.41) is 12.5. The molecule has 1 fully saturated rings. The van der Waals surface area contributed by atoms with E-state index in [2.05, 4.69) is 5.32 Å². The number of carbonyl (C=O) groups is 2. The second-order valence-corrected chi connectivity index (χ2v) is 5.35. The Labute approximate surface area is 117 Å². The number of aromatic carboxylic acids is 1. The fourth-order valence-electron chi connectivity index (χ4n) is 3.14. The van der Waals surface area contributed by atoms with Crippen molar-refractivity contribution >= 4 is 17.6 Å². The summed E-state index contributed by atoms with van der Waals surface area (Å²) >= 11 is 0. The fraction of sp³-hybridized carbons (Fsp3) is 0.467. The lowest BCUT2D eigenvalue weighted by atomic mass is 9.95. The molecule has 0 aromatic heterocycles. The molecule has 0 saturated carbocycles. The number of amides is 1. The Morgan fingerprint density at radius 3 is 2.85 bits per heavy atom. The van der Waals surface area contributed by atoms with Crippen molar-refractivity contribution in [1.29, 1.82) is 0 Å². The van der Waals surface area contributed by atoms with Crippen molar-refractivity contribution < 1.29 is 14.7 Å². The molecule has 0 unspecified atom stereocenters. The number of nitrogens with one attached hydrogen (secondary N) is 1. The van der Waals surface area contributed by atoms with Crippen LogP contribution in [0.2, 0.25) is 0 Å². The van der Waals surface area contributed by atoms with Crippen molar-refractivity contribution in [3.63, 3.8) is 0 Å². The van der Waals surface area contributed by atoms with E-state index in [0.717, 1.165) is 43.5 Å². The number of anilines is 1. The molecule has 0 spiro atoms. The third-order valence-electron chi connectivity index (χ3n) is 4.11. The van der Waals surface area contributed by atoms with Gasteiger partial charge in [0, 0.05) is 12.2 Å². The van der Waals surface area contributed by atoms with Gasteiger partial charge in [-0.2, -0.15) is 0 Å². The highest BCUT2D eigenvalue weighted by molar-refractivity contribution is 6.00. The molecule has 3 rings (SSSR count). The zero-order valence-electron chi connectivity index (χ0n) is 11.3. The third kappa shape index (κ3) is 2.18. The summed E-state index contributed by atoms with van der Waals surface area (Å²) in [5.41, 5.74) is 1.88. The zero-order chi connectivity index (χ0) is 14.1. The molecule has 2 aliphatic rings. The van der Waals surface area contributed by atoms with Crippen LogP contribution in [0.3, 0.4) is 0 Å². The molecule has 1 saturated heterocycles. The van der Waals surface area contributed by atoms with Gasteiger partial charge in [-0.05, 0) is 49.9 Å². The molecule has 0 radical (unpaired) electrons. The van der Waals surface area contributed by atoms with Crippen LogP contribution in [0.15, 0.2) is 18.2 Å². The number of carbonyl (C=O) groups excluding carboxylic acids is 1. The van der Waals surface area contributed by atoms with Gasteiger partial charge >= 0.3 is 5.97 Å². The van der Waals surface area contributed by atoms with E-state index in [0.29, 0.717) is 12.1 Å². The van der Waals surface area contributed by atoms with Crippen LogP contribution in [0.5, 0.6) is 0 Å². The molecule has 0 bridgehead atoms. The number of benzene rings is 1. The number of carboxylic acid groups (broad SMARTS) is 1. The van der Waals surface area contributed by atoms with Gasteiger partial charge < -0.3 is 15.3 Å². The Morgan fingerprint density at radius 2 is 2.15 bits per heavy atom. The minimum Gasteiger partial charge on any atom is -0.478 e. The topological polar surface area (TPSA) is 69.6 Å². The molecule has 5 heteroatoms. The first-order valence-corrected chi connectivity index (χ1v) is 7.08. The molecule has 1 aromatic carbocycles. The SMILES string of the molecule is O=C(O)c1cccc2c1CCCN2C(=O)[C@H]1CCCN1. The summed E-state index contributed by atoms with van der Waals surface area (Å²) < 4.78 is 0. The van der Waals surface area contributed by atoms with Gasteiger partial charge in [0.25, 0.3) is 0 Å². The maximum absolute atomic E-state index is 12.6. The normalized spacial score (nSPS) is 21.6. The smallest absolute Gasteiger partial charge is 0.336 e. The molecular weight excluding hydrogens is 256 g/mol. The second kappa shape index (κ2) is 5.25. The molecule has 1 amide bonds. The van der Waals surface area contributed by atoms with E-state index in [4.69, 9.17) is 0 Å². The van der Waals surface area contributed by atoms with Gasteiger partial charge in [0.2, 0.25) is 5.91 Å². The third-order valence-corrected chi connectivity index (χ3v) is 4.11. The minimum atomic E-state index is -0.921. The van der Waals surface area contributed by atoms with Crippen molar-refractivity contribution in [3.8, 4) is 0 Å². The number of fused-ring (bicyclic) bond motifs is 1. The lowest BCUT2D eigenvalue weighted by Gasteiger charge is -2.32. The average Bonchev–Trinajstić information content (AvgIpc) is 2.99. The number of nitrogens with zero attached hydrogens (tertiary/aromatic N) is 1. The Hall–Kier alpha value is -1.88. The molecule has 2 N–H and O–H groups in total. The quantitative estimate of drug-likeness (QED) is 0.855. The van der Waals surface area contributed by atoms with Crippen LogP contribution >= 0.6 is 0 Å². The molecule has 2 aliphatic heterocycles. The van der Waals surface area contributed by atoms with Gasteiger partial charge in [0.1, 0.15) is 0 Å². The van der Waals surface area contributed by atoms with Crippen LogP contribution in [-0.4, -0.2) is 36.1 Å². The van der Waals surface area contributed by atoms with Crippen LogP contribution < -0.4 is 10.2 Å². The highest BCUT2D eigenvalue weighted by Gasteiger charge is 2.31. The van der Waals surface area contributed by atoms with Crippen molar-refractivity contribution in [1.82, 2.24) is 5.32 Å². The maximum Gasteiger partial charge on any atom is 0.336 e. The lowest BCUT2D eigenvalue weighted by molar-refractivity contribution is -0.120. The van der Waals surface area contributed by atoms with Gasteiger partial charge in [-0.25, -0.2) is 4.79 Å². The number of hydrogen-bond acceptors (Lipinski definition) is 3. The van der Waals surface area contributed by atoms with Crippen LogP contribution in [0, 0.1) is 0 Å². The first kappa shape index (κ1) is 13.1. The van der Waals surface area contributed by atoms with E-state index in [1.165, 1.54) is 0 Å². The Bertz CT molecular complexity index is 550. The summed E-state index contributed by atoms with van der Waals surface area (Å²) in [7, 11) is 0. The van der Waals surface area contributed by atoms with Crippen LogP contribution in [0.1, 0.15) is 35.2 Å². The lowest BCUT2D eigenvalue weighted by Crippen LogP contribution is -2.46. The first-order valence-electron chi connectivity index (χ1n) is 7.08. The molecular formula is C15H18N2O3. The Morgan fingerprint density at radius 1 is 1.30 bits per heavy atom. The highest BCUT2D eigenvalue weighted by Crippen LogP contribution is 2.31. The molecule has 5 nitrogen and oxygen atoms in total. The minimum absolute atomic E-state index is 0.0750. The molecule has 106 valence electrons. The van der Waals surface area contributed by atoms with Crippen molar-refractivity contribution in [2.75, 3.05) is 18.0 Å². The Balaban J connectivity index is 1.95. The summed E-state index contributed by atoms with van der Waals surface area (Å²) in [5.74, 6) is -0.846. The second-order valence-electron chi connectivity index (χ2n) is 5.35. The standard InChI is InChI=1S/C15H18N2O3/c18-14(12-6-2-8-16-12)17-9-3-5-10-11(15(19)20)4-1-7-13(10)17/h1,4,7,12,16H,2-3,5-6,8-9H2,(H,19,20)/t12-/m1/s1. The first-order chi connectivity index (χ1) is 9.68. The van der Waals surface area contributed by atoms with Gasteiger partial charge in [-0.1, -0.05) is 6.07 Å².